The third-order valence-electron chi connectivity index (χ3n) is 4.38. The number of hydrogen-bond donors (Lipinski definition) is 0. The summed E-state index contributed by atoms with van der Waals surface area (Å²) in [7, 11) is 0. The zero-order valence-electron chi connectivity index (χ0n) is 13.2. The molecule has 1 aliphatic carbocycles. The lowest BCUT2D eigenvalue weighted by atomic mass is 10.2. The zero-order valence-corrected chi connectivity index (χ0v) is 13.2. The molecule has 2 aromatic heterocycles. The summed E-state index contributed by atoms with van der Waals surface area (Å²) in [6.07, 6.45) is 2.24. The molecule has 7 nitrogen and oxygen atoms in total. The van der Waals surface area contributed by atoms with Gasteiger partial charge in [-0.25, -0.2) is 4.98 Å². The number of hydrogen-bond acceptors (Lipinski definition) is 7. The van der Waals surface area contributed by atoms with E-state index < -0.39 is 0 Å². The van der Waals surface area contributed by atoms with Crippen molar-refractivity contribution in [3.8, 4) is 6.07 Å². The molecule has 1 saturated carbocycles. The summed E-state index contributed by atoms with van der Waals surface area (Å²) >= 11 is 0. The number of anilines is 1. The van der Waals surface area contributed by atoms with Crippen molar-refractivity contribution in [3.05, 3.63) is 29.1 Å². The van der Waals surface area contributed by atoms with Crippen LogP contribution in [0.15, 0.2) is 15.0 Å². The molecule has 3 heterocycles. The van der Waals surface area contributed by atoms with Gasteiger partial charge in [-0.05, 0) is 19.8 Å². The predicted molar refractivity (Wildman–Crippen MR) is 81.9 cm³/mol. The van der Waals surface area contributed by atoms with E-state index in [4.69, 9.17) is 8.94 Å². The van der Waals surface area contributed by atoms with Gasteiger partial charge in [0, 0.05) is 44.7 Å². The minimum absolute atomic E-state index is 0.424. The van der Waals surface area contributed by atoms with Gasteiger partial charge in [0.25, 0.3) is 0 Å². The van der Waals surface area contributed by atoms with Gasteiger partial charge in [-0.15, -0.1) is 0 Å². The van der Waals surface area contributed by atoms with Crippen LogP contribution in [0.4, 0.5) is 5.88 Å². The standard InChI is InChI=1S/C16H19N5O2/c1-11-8-13(19-23-11)10-20-4-6-21(7-5-20)16-14(9-17)18-15(22-16)12-2-3-12/h8,12H,2-7,10H2,1H3. The van der Waals surface area contributed by atoms with E-state index in [1.807, 2.05) is 13.0 Å². The average Bonchev–Trinajstić information content (AvgIpc) is 3.20. The number of nitrogens with zero attached hydrogens (tertiary/aromatic N) is 5. The Morgan fingerprint density at radius 2 is 2.09 bits per heavy atom. The zero-order chi connectivity index (χ0) is 15.8. The largest absolute Gasteiger partial charge is 0.423 e. The summed E-state index contributed by atoms with van der Waals surface area (Å²) in [4.78, 5) is 8.81. The molecule has 2 aromatic rings. The molecule has 1 saturated heterocycles. The Hall–Kier alpha value is -2.33. The molecule has 0 radical (unpaired) electrons. The lowest BCUT2D eigenvalue weighted by Crippen LogP contribution is -2.46. The number of aryl methyl sites for hydroxylation is 1. The molecule has 7 heteroatoms. The van der Waals surface area contributed by atoms with Gasteiger partial charge in [0.1, 0.15) is 11.8 Å². The maximum absolute atomic E-state index is 9.29. The average molecular weight is 313 g/mol. The van der Waals surface area contributed by atoms with Gasteiger partial charge in [0.15, 0.2) is 0 Å². The first-order valence-electron chi connectivity index (χ1n) is 8.03. The van der Waals surface area contributed by atoms with E-state index in [0.717, 1.165) is 62.9 Å². The second-order valence-corrected chi connectivity index (χ2v) is 6.28. The van der Waals surface area contributed by atoms with Crippen LogP contribution < -0.4 is 4.90 Å². The lowest BCUT2D eigenvalue weighted by Gasteiger charge is -2.33. The second-order valence-electron chi connectivity index (χ2n) is 6.28. The molecule has 0 spiro atoms. The Balaban J connectivity index is 1.40. The molecule has 0 bridgehead atoms. The highest BCUT2D eigenvalue weighted by Crippen LogP contribution is 2.41. The fourth-order valence-corrected chi connectivity index (χ4v) is 2.95. The topological polar surface area (TPSA) is 82.3 Å². The predicted octanol–water partition coefficient (Wildman–Crippen LogP) is 2.04. The molecule has 0 amide bonds. The monoisotopic (exact) mass is 313 g/mol. The van der Waals surface area contributed by atoms with E-state index in [1.54, 1.807) is 0 Å². The van der Waals surface area contributed by atoms with Crippen molar-refractivity contribution >= 4 is 5.88 Å². The molecule has 0 atom stereocenters. The number of aromatic nitrogens is 2. The first-order valence-corrected chi connectivity index (χ1v) is 8.03. The number of piperazine rings is 1. The molecular weight excluding hydrogens is 294 g/mol. The van der Waals surface area contributed by atoms with Crippen LogP contribution in [-0.4, -0.2) is 41.2 Å². The van der Waals surface area contributed by atoms with Gasteiger partial charge < -0.3 is 13.8 Å². The number of oxazole rings is 1. The molecule has 0 aromatic carbocycles. The van der Waals surface area contributed by atoms with Crippen LogP contribution in [0.3, 0.4) is 0 Å². The van der Waals surface area contributed by atoms with Gasteiger partial charge in [-0.2, -0.15) is 5.26 Å². The fourth-order valence-electron chi connectivity index (χ4n) is 2.95. The Morgan fingerprint density at radius 1 is 1.30 bits per heavy atom. The van der Waals surface area contributed by atoms with E-state index in [-0.39, 0.29) is 0 Å². The number of rotatable bonds is 4. The third-order valence-corrected chi connectivity index (χ3v) is 4.38. The molecule has 2 aliphatic rings. The normalized spacial score (nSPS) is 19.0. The summed E-state index contributed by atoms with van der Waals surface area (Å²) in [6.45, 7) is 6.14. The van der Waals surface area contributed by atoms with Gasteiger partial charge in [-0.1, -0.05) is 5.16 Å². The van der Waals surface area contributed by atoms with Gasteiger partial charge >= 0.3 is 0 Å². The molecule has 2 fully saturated rings. The molecule has 0 unspecified atom stereocenters. The van der Waals surface area contributed by atoms with Gasteiger partial charge in [0.05, 0.1) is 5.69 Å². The summed E-state index contributed by atoms with van der Waals surface area (Å²) < 4.78 is 11.0. The van der Waals surface area contributed by atoms with Crippen molar-refractivity contribution in [2.45, 2.75) is 32.2 Å². The van der Waals surface area contributed by atoms with Crippen LogP contribution in [0.2, 0.25) is 0 Å². The summed E-state index contributed by atoms with van der Waals surface area (Å²) in [5.74, 6) is 2.64. The van der Waals surface area contributed by atoms with E-state index in [2.05, 4.69) is 26.0 Å². The van der Waals surface area contributed by atoms with Crippen LogP contribution in [0.1, 0.15) is 41.8 Å². The van der Waals surface area contributed by atoms with E-state index in [1.165, 1.54) is 0 Å². The van der Waals surface area contributed by atoms with Crippen LogP contribution in [0.25, 0.3) is 0 Å². The molecular formula is C16H19N5O2. The first-order chi connectivity index (χ1) is 11.2. The van der Waals surface area contributed by atoms with Crippen LogP contribution in [-0.2, 0) is 6.54 Å². The molecule has 1 aliphatic heterocycles. The third kappa shape index (κ3) is 2.94. The smallest absolute Gasteiger partial charge is 0.234 e. The van der Waals surface area contributed by atoms with Crippen molar-refractivity contribution in [1.29, 1.82) is 5.26 Å². The maximum atomic E-state index is 9.29. The maximum Gasteiger partial charge on any atom is 0.234 e. The van der Waals surface area contributed by atoms with Crippen molar-refractivity contribution < 1.29 is 8.94 Å². The van der Waals surface area contributed by atoms with E-state index >= 15 is 0 Å². The summed E-state index contributed by atoms with van der Waals surface area (Å²) in [6, 6.07) is 4.14. The Morgan fingerprint density at radius 3 is 2.70 bits per heavy atom. The highest BCUT2D eigenvalue weighted by molar-refractivity contribution is 5.48. The lowest BCUT2D eigenvalue weighted by molar-refractivity contribution is 0.238. The second kappa shape index (κ2) is 5.70. The van der Waals surface area contributed by atoms with Crippen molar-refractivity contribution in [3.63, 3.8) is 0 Å². The minimum atomic E-state index is 0.424. The molecule has 120 valence electrons. The Labute approximate surface area is 134 Å². The molecule has 0 N–H and O–H groups in total. The van der Waals surface area contributed by atoms with Crippen LogP contribution in [0.5, 0.6) is 0 Å². The van der Waals surface area contributed by atoms with Crippen molar-refractivity contribution in [1.82, 2.24) is 15.0 Å². The SMILES string of the molecule is Cc1cc(CN2CCN(c3oc(C4CC4)nc3C#N)CC2)no1. The highest BCUT2D eigenvalue weighted by Gasteiger charge is 2.32. The molecule has 4 rings (SSSR count). The first kappa shape index (κ1) is 14.3. The number of nitriles is 1. The van der Waals surface area contributed by atoms with Crippen LogP contribution in [0, 0.1) is 18.3 Å². The Bertz CT molecular complexity index is 732. The summed E-state index contributed by atoms with van der Waals surface area (Å²) in [5, 5.41) is 13.3. The van der Waals surface area contributed by atoms with Crippen LogP contribution >= 0.6 is 0 Å². The fraction of sp³-hybridized carbons (Fsp3) is 0.562. The van der Waals surface area contributed by atoms with Crippen molar-refractivity contribution in [2.24, 2.45) is 0 Å². The van der Waals surface area contributed by atoms with Crippen molar-refractivity contribution in [2.75, 3.05) is 31.1 Å². The quantitative estimate of drug-likeness (QED) is 0.854. The van der Waals surface area contributed by atoms with Gasteiger partial charge in [0.2, 0.25) is 17.5 Å². The van der Waals surface area contributed by atoms with E-state index in [9.17, 15) is 5.26 Å². The van der Waals surface area contributed by atoms with Gasteiger partial charge in [-0.3, -0.25) is 4.90 Å². The minimum Gasteiger partial charge on any atom is -0.423 e. The summed E-state index contributed by atoms with van der Waals surface area (Å²) in [5.41, 5.74) is 1.39. The highest BCUT2D eigenvalue weighted by atomic mass is 16.5. The Kier molecular flexibility index (Phi) is 3.54. The molecule has 23 heavy (non-hydrogen) atoms. The van der Waals surface area contributed by atoms with E-state index in [0.29, 0.717) is 17.5 Å².